The van der Waals surface area contributed by atoms with Gasteiger partial charge in [-0.2, -0.15) is 0 Å². The molecule has 4 heteroatoms. The Balaban J connectivity index is 2.15. The van der Waals surface area contributed by atoms with Crippen LogP contribution in [0.2, 0.25) is 0 Å². The van der Waals surface area contributed by atoms with E-state index in [1.807, 2.05) is 6.07 Å². The van der Waals surface area contributed by atoms with Gasteiger partial charge in [0.25, 0.3) is 0 Å². The van der Waals surface area contributed by atoms with Gasteiger partial charge in [-0.1, -0.05) is 19.8 Å². The minimum atomic E-state index is 0.238. The maximum absolute atomic E-state index is 12.3. The van der Waals surface area contributed by atoms with Gasteiger partial charge in [0.05, 0.1) is 7.57 Å². The third-order valence-electron chi connectivity index (χ3n) is 3.23. The molecule has 1 saturated carbocycles. The zero-order valence-electron chi connectivity index (χ0n) is 9.13. The molecule has 0 saturated heterocycles. The zero-order valence-corrected chi connectivity index (χ0v) is 13.1. The minimum absolute atomic E-state index is 0.238. The Bertz CT molecular complexity index is 400. The summed E-state index contributed by atoms with van der Waals surface area (Å²) in [5.41, 5.74) is 0.857. The number of thiophene rings is 1. The number of rotatable bonds is 2. The smallest absolute Gasteiger partial charge is 0.167 e. The quantitative estimate of drug-likeness (QED) is 0.651. The SMILES string of the molecule is CC1CCCC(C(=O)c2cc(Br)sc2Br)C1. The molecule has 0 bridgehead atoms. The summed E-state index contributed by atoms with van der Waals surface area (Å²) in [7, 11) is 0. The maximum Gasteiger partial charge on any atom is 0.167 e. The predicted molar refractivity (Wildman–Crippen MR) is 75.2 cm³/mol. The van der Waals surface area contributed by atoms with Gasteiger partial charge < -0.3 is 0 Å². The van der Waals surface area contributed by atoms with E-state index in [9.17, 15) is 4.79 Å². The van der Waals surface area contributed by atoms with Crippen LogP contribution in [0.15, 0.2) is 13.6 Å². The van der Waals surface area contributed by atoms with E-state index in [2.05, 4.69) is 38.8 Å². The van der Waals surface area contributed by atoms with Crippen molar-refractivity contribution in [3.8, 4) is 0 Å². The molecule has 0 aliphatic heterocycles. The fourth-order valence-corrected chi connectivity index (χ4v) is 5.22. The molecular weight excluding hydrogens is 352 g/mol. The number of carbonyl (C=O) groups is 1. The van der Waals surface area contributed by atoms with Gasteiger partial charge in [0.15, 0.2) is 5.78 Å². The summed E-state index contributed by atoms with van der Waals surface area (Å²) in [5.74, 6) is 1.26. The zero-order chi connectivity index (χ0) is 11.7. The molecule has 2 rings (SSSR count). The van der Waals surface area contributed by atoms with Crippen molar-refractivity contribution in [2.75, 3.05) is 0 Å². The van der Waals surface area contributed by atoms with E-state index in [0.29, 0.717) is 11.7 Å². The van der Waals surface area contributed by atoms with Crippen LogP contribution in [0.4, 0.5) is 0 Å². The lowest BCUT2D eigenvalue weighted by atomic mass is 9.79. The Hall–Kier alpha value is 0.330. The summed E-state index contributed by atoms with van der Waals surface area (Å²) in [6.45, 7) is 2.25. The molecule has 16 heavy (non-hydrogen) atoms. The molecule has 0 aromatic carbocycles. The Morgan fingerprint density at radius 3 is 2.75 bits per heavy atom. The summed E-state index contributed by atoms with van der Waals surface area (Å²) in [5, 5.41) is 0. The number of halogens is 2. The Morgan fingerprint density at radius 1 is 1.44 bits per heavy atom. The van der Waals surface area contributed by atoms with Crippen molar-refractivity contribution in [2.24, 2.45) is 11.8 Å². The molecule has 0 spiro atoms. The first-order valence-corrected chi connectivity index (χ1v) is 7.97. The van der Waals surface area contributed by atoms with Crippen molar-refractivity contribution in [3.05, 3.63) is 19.2 Å². The number of Topliss-reactive ketones (excluding diaryl/α,β-unsaturated/α-hetero) is 1. The average molecular weight is 366 g/mol. The van der Waals surface area contributed by atoms with Crippen molar-refractivity contribution in [1.29, 1.82) is 0 Å². The van der Waals surface area contributed by atoms with E-state index in [-0.39, 0.29) is 5.92 Å². The molecule has 0 N–H and O–H groups in total. The van der Waals surface area contributed by atoms with Crippen molar-refractivity contribution < 1.29 is 4.79 Å². The van der Waals surface area contributed by atoms with Crippen molar-refractivity contribution in [1.82, 2.24) is 0 Å². The topological polar surface area (TPSA) is 17.1 Å². The largest absolute Gasteiger partial charge is 0.294 e. The Labute approximate surface area is 117 Å². The summed E-state index contributed by atoms with van der Waals surface area (Å²) in [6, 6.07) is 1.94. The second-order valence-corrected chi connectivity index (χ2v) is 8.32. The summed E-state index contributed by atoms with van der Waals surface area (Å²) in [4.78, 5) is 12.3. The third-order valence-corrected chi connectivity index (χ3v) is 5.57. The molecule has 1 nitrogen and oxygen atoms in total. The van der Waals surface area contributed by atoms with E-state index in [1.165, 1.54) is 12.8 Å². The van der Waals surface area contributed by atoms with Crippen molar-refractivity contribution in [3.63, 3.8) is 0 Å². The molecule has 0 radical (unpaired) electrons. The molecule has 1 aliphatic carbocycles. The highest BCUT2D eigenvalue weighted by atomic mass is 79.9. The third kappa shape index (κ3) is 2.77. The molecule has 1 aliphatic rings. The molecular formula is C12H14Br2OS. The highest BCUT2D eigenvalue weighted by Crippen LogP contribution is 2.37. The first-order valence-electron chi connectivity index (χ1n) is 5.57. The van der Waals surface area contributed by atoms with Crippen LogP contribution in [0.3, 0.4) is 0 Å². The molecule has 1 aromatic heterocycles. The van der Waals surface area contributed by atoms with Crippen LogP contribution in [0.25, 0.3) is 0 Å². The Kier molecular flexibility index (Phi) is 4.25. The van der Waals surface area contributed by atoms with Gasteiger partial charge in [-0.05, 0) is 56.7 Å². The van der Waals surface area contributed by atoms with Crippen LogP contribution >= 0.6 is 43.2 Å². The van der Waals surface area contributed by atoms with E-state index in [1.54, 1.807) is 11.3 Å². The summed E-state index contributed by atoms with van der Waals surface area (Å²) < 4.78 is 1.98. The highest BCUT2D eigenvalue weighted by molar-refractivity contribution is 9.12. The molecule has 1 fully saturated rings. The van der Waals surface area contributed by atoms with Crippen molar-refractivity contribution >= 4 is 49.0 Å². The first-order chi connectivity index (χ1) is 7.58. The number of hydrogen-bond donors (Lipinski definition) is 0. The maximum atomic E-state index is 12.3. The average Bonchev–Trinajstić information content (AvgIpc) is 2.57. The highest BCUT2D eigenvalue weighted by Gasteiger charge is 2.27. The fraction of sp³-hybridized carbons (Fsp3) is 0.583. The van der Waals surface area contributed by atoms with E-state index >= 15 is 0 Å². The first kappa shape index (κ1) is 12.8. The van der Waals surface area contributed by atoms with Gasteiger partial charge in [0.1, 0.15) is 0 Å². The van der Waals surface area contributed by atoms with Gasteiger partial charge in [-0.15, -0.1) is 11.3 Å². The molecule has 1 aromatic rings. The molecule has 2 atom stereocenters. The predicted octanol–water partition coefficient (Wildman–Crippen LogP) is 5.28. The molecule has 1 heterocycles. The van der Waals surface area contributed by atoms with Gasteiger partial charge in [-0.25, -0.2) is 0 Å². The van der Waals surface area contributed by atoms with Gasteiger partial charge in [-0.3, -0.25) is 4.79 Å². The number of hydrogen-bond acceptors (Lipinski definition) is 2. The lowest BCUT2D eigenvalue weighted by molar-refractivity contribution is 0.0868. The van der Waals surface area contributed by atoms with Crippen LogP contribution < -0.4 is 0 Å². The standard InChI is InChI=1S/C12H14Br2OS/c1-7-3-2-4-8(5-7)11(15)9-6-10(13)16-12(9)14/h6-8H,2-5H2,1H3. The second kappa shape index (κ2) is 5.32. The molecule has 88 valence electrons. The van der Waals surface area contributed by atoms with Gasteiger partial charge in [0, 0.05) is 11.5 Å². The van der Waals surface area contributed by atoms with E-state index in [4.69, 9.17) is 0 Å². The lowest BCUT2D eigenvalue weighted by Gasteiger charge is -2.25. The fourth-order valence-electron chi connectivity index (χ4n) is 2.40. The molecule has 2 unspecified atom stereocenters. The minimum Gasteiger partial charge on any atom is -0.294 e. The van der Waals surface area contributed by atoms with Crippen LogP contribution in [0.5, 0.6) is 0 Å². The van der Waals surface area contributed by atoms with Gasteiger partial charge in [0.2, 0.25) is 0 Å². The van der Waals surface area contributed by atoms with Crippen LogP contribution in [-0.2, 0) is 0 Å². The summed E-state index contributed by atoms with van der Waals surface area (Å²) in [6.07, 6.45) is 4.58. The van der Waals surface area contributed by atoms with Crippen molar-refractivity contribution in [2.45, 2.75) is 32.6 Å². The molecule has 0 amide bonds. The van der Waals surface area contributed by atoms with E-state index in [0.717, 1.165) is 26.0 Å². The number of carbonyl (C=O) groups excluding carboxylic acids is 1. The Morgan fingerprint density at radius 2 is 2.19 bits per heavy atom. The van der Waals surface area contributed by atoms with Crippen LogP contribution in [0.1, 0.15) is 43.0 Å². The summed E-state index contributed by atoms with van der Waals surface area (Å²) >= 11 is 8.47. The van der Waals surface area contributed by atoms with Crippen LogP contribution in [0, 0.1) is 11.8 Å². The van der Waals surface area contributed by atoms with Crippen LogP contribution in [-0.4, -0.2) is 5.78 Å². The number of ketones is 1. The lowest BCUT2D eigenvalue weighted by Crippen LogP contribution is -2.21. The monoisotopic (exact) mass is 364 g/mol. The normalized spacial score (nSPS) is 25.7. The van der Waals surface area contributed by atoms with E-state index < -0.39 is 0 Å². The van der Waals surface area contributed by atoms with Gasteiger partial charge >= 0.3 is 0 Å². The second-order valence-electron chi connectivity index (χ2n) is 4.57.